The molecule has 0 aliphatic rings. The van der Waals surface area contributed by atoms with E-state index < -0.39 is 27.8 Å². The van der Waals surface area contributed by atoms with Gasteiger partial charge in [0, 0.05) is 13.7 Å². The van der Waals surface area contributed by atoms with Gasteiger partial charge in [-0.1, -0.05) is 12.1 Å². The van der Waals surface area contributed by atoms with Crippen molar-refractivity contribution in [2.45, 2.75) is 13.0 Å². The SMILES string of the molecule is COCCNC(=O)C(C)N(c1ccccc1F)S(C)(=O)=O. The highest BCUT2D eigenvalue weighted by atomic mass is 32.2. The number of benzene rings is 1. The predicted octanol–water partition coefficient (Wildman–Crippen LogP) is 0.743. The molecule has 1 unspecified atom stereocenters. The van der Waals surface area contributed by atoms with Crippen molar-refractivity contribution in [2.75, 3.05) is 30.8 Å². The molecular formula is C13H19FN2O4S. The van der Waals surface area contributed by atoms with Crippen molar-refractivity contribution in [1.82, 2.24) is 5.32 Å². The van der Waals surface area contributed by atoms with Crippen LogP contribution in [0.4, 0.5) is 10.1 Å². The molecule has 0 saturated carbocycles. The van der Waals surface area contributed by atoms with Crippen LogP contribution in [0.15, 0.2) is 24.3 Å². The zero-order valence-corrected chi connectivity index (χ0v) is 13.0. The molecule has 1 rings (SSSR count). The first-order valence-electron chi connectivity index (χ1n) is 6.29. The lowest BCUT2D eigenvalue weighted by Gasteiger charge is -2.28. The van der Waals surface area contributed by atoms with Gasteiger partial charge in [0.2, 0.25) is 15.9 Å². The van der Waals surface area contributed by atoms with Crippen LogP contribution in [-0.4, -0.2) is 46.9 Å². The number of hydrogen-bond donors (Lipinski definition) is 1. The summed E-state index contributed by atoms with van der Waals surface area (Å²) < 4.78 is 43.2. The molecule has 0 bridgehead atoms. The number of halogens is 1. The molecule has 1 atom stereocenters. The lowest BCUT2D eigenvalue weighted by molar-refractivity contribution is -0.122. The lowest BCUT2D eigenvalue weighted by Crippen LogP contribution is -2.48. The highest BCUT2D eigenvalue weighted by molar-refractivity contribution is 7.92. The summed E-state index contributed by atoms with van der Waals surface area (Å²) in [5.74, 6) is -1.24. The van der Waals surface area contributed by atoms with Crippen LogP contribution in [0, 0.1) is 5.82 Å². The number of anilines is 1. The predicted molar refractivity (Wildman–Crippen MR) is 78.1 cm³/mol. The number of para-hydroxylation sites is 1. The Bertz CT molecular complexity index is 592. The fourth-order valence-corrected chi connectivity index (χ4v) is 3.01. The summed E-state index contributed by atoms with van der Waals surface area (Å²) in [6.07, 6.45) is 0.929. The fourth-order valence-electron chi connectivity index (χ4n) is 1.84. The normalized spacial score (nSPS) is 12.8. The summed E-state index contributed by atoms with van der Waals surface area (Å²) >= 11 is 0. The molecule has 21 heavy (non-hydrogen) atoms. The van der Waals surface area contributed by atoms with E-state index in [4.69, 9.17) is 4.74 Å². The molecule has 0 radical (unpaired) electrons. The van der Waals surface area contributed by atoms with Gasteiger partial charge in [0.05, 0.1) is 18.6 Å². The summed E-state index contributed by atoms with van der Waals surface area (Å²) in [5.41, 5.74) is -0.158. The van der Waals surface area contributed by atoms with Crippen molar-refractivity contribution in [3.05, 3.63) is 30.1 Å². The standard InChI is InChI=1S/C13H19FN2O4S/c1-10(13(17)15-8-9-20-2)16(21(3,18)19)12-7-5-4-6-11(12)14/h4-7,10H,8-9H2,1-3H3,(H,15,17). The van der Waals surface area contributed by atoms with Gasteiger partial charge in [-0.15, -0.1) is 0 Å². The van der Waals surface area contributed by atoms with E-state index in [0.29, 0.717) is 6.61 Å². The molecule has 0 fully saturated rings. The van der Waals surface area contributed by atoms with Crippen molar-refractivity contribution in [3.63, 3.8) is 0 Å². The van der Waals surface area contributed by atoms with Gasteiger partial charge < -0.3 is 10.1 Å². The van der Waals surface area contributed by atoms with Gasteiger partial charge in [0.25, 0.3) is 0 Å². The molecule has 8 heteroatoms. The molecule has 0 spiro atoms. The minimum atomic E-state index is -3.81. The fraction of sp³-hybridized carbons (Fsp3) is 0.462. The Hall–Kier alpha value is -1.67. The number of nitrogens with zero attached hydrogens (tertiary/aromatic N) is 1. The van der Waals surface area contributed by atoms with Gasteiger partial charge in [-0.25, -0.2) is 12.8 Å². The number of amides is 1. The molecule has 0 heterocycles. The van der Waals surface area contributed by atoms with Crippen LogP contribution >= 0.6 is 0 Å². The van der Waals surface area contributed by atoms with Crippen molar-refractivity contribution in [1.29, 1.82) is 0 Å². The summed E-state index contributed by atoms with van der Waals surface area (Å²) in [6.45, 7) is 1.95. The molecule has 1 aromatic rings. The van der Waals surface area contributed by atoms with Crippen LogP contribution in [0.25, 0.3) is 0 Å². The van der Waals surface area contributed by atoms with E-state index in [1.54, 1.807) is 0 Å². The first-order chi connectivity index (χ1) is 9.79. The Morgan fingerprint density at radius 3 is 2.57 bits per heavy atom. The number of carbonyl (C=O) groups excluding carboxylic acids is 1. The maximum Gasteiger partial charge on any atom is 0.243 e. The smallest absolute Gasteiger partial charge is 0.243 e. The summed E-state index contributed by atoms with van der Waals surface area (Å²) in [4.78, 5) is 12.0. The van der Waals surface area contributed by atoms with Crippen molar-refractivity contribution < 1.29 is 22.3 Å². The first kappa shape index (κ1) is 17.4. The third-order valence-corrected chi connectivity index (χ3v) is 4.01. The Morgan fingerprint density at radius 2 is 2.05 bits per heavy atom. The van der Waals surface area contributed by atoms with Crippen LogP contribution in [0.1, 0.15) is 6.92 Å². The Balaban J connectivity index is 3.05. The van der Waals surface area contributed by atoms with Crippen LogP contribution in [0.3, 0.4) is 0 Å². The summed E-state index contributed by atoms with van der Waals surface area (Å²) in [5, 5.41) is 2.53. The molecule has 6 nitrogen and oxygen atoms in total. The topological polar surface area (TPSA) is 75.7 Å². The number of sulfonamides is 1. The molecule has 0 aliphatic heterocycles. The Labute approximate surface area is 123 Å². The van der Waals surface area contributed by atoms with Crippen LogP contribution in [-0.2, 0) is 19.6 Å². The second kappa shape index (κ2) is 7.37. The highest BCUT2D eigenvalue weighted by Crippen LogP contribution is 2.23. The monoisotopic (exact) mass is 318 g/mol. The summed E-state index contributed by atoms with van der Waals surface area (Å²) in [6, 6.07) is 4.33. The average Bonchev–Trinajstić information content (AvgIpc) is 2.39. The third kappa shape index (κ3) is 4.68. The molecule has 0 aliphatic carbocycles. The van der Waals surface area contributed by atoms with Crippen LogP contribution < -0.4 is 9.62 Å². The molecule has 1 aromatic carbocycles. The molecule has 1 N–H and O–H groups in total. The van der Waals surface area contributed by atoms with E-state index in [-0.39, 0.29) is 12.2 Å². The average molecular weight is 318 g/mol. The minimum absolute atomic E-state index is 0.158. The third-order valence-electron chi connectivity index (χ3n) is 2.78. The van der Waals surface area contributed by atoms with Gasteiger partial charge in [-0.2, -0.15) is 0 Å². The molecule has 1 amide bonds. The number of ether oxygens (including phenoxy) is 1. The summed E-state index contributed by atoms with van der Waals surface area (Å²) in [7, 11) is -2.33. The lowest BCUT2D eigenvalue weighted by atomic mass is 10.2. The minimum Gasteiger partial charge on any atom is -0.383 e. The van der Waals surface area contributed by atoms with Crippen molar-refractivity contribution in [3.8, 4) is 0 Å². The Morgan fingerprint density at radius 1 is 1.43 bits per heavy atom. The molecule has 0 saturated heterocycles. The van der Waals surface area contributed by atoms with Gasteiger partial charge in [0.15, 0.2) is 0 Å². The second-order valence-electron chi connectivity index (χ2n) is 4.47. The van der Waals surface area contributed by atoms with Gasteiger partial charge in [-0.05, 0) is 19.1 Å². The van der Waals surface area contributed by atoms with E-state index in [9.17, 15) is 17.6 Å². The quantitative estimate of drug-likeness (QED) is 0.753. The zero-order valence-electron chi connectivity index (χ0n) is 12.2. The zero-order chi connectivity index (χ0) is 16.0. The van der Waals surface area contributed by atoms with Crippen molar-refractivity contribution >= 4 is 21.6 Å². The first-order valence-corrected chi connectivity index (χ1v) is 8.14. The number of nitrogens with one attached hydrogen (secondary N) is 1. The second-order valence-corrected chi connectivity index (χ2v) is 6.33. The van der Waals surface area contributed by atoms with E-state index in [1.807, 2.05) is 0 Å². The van der Waals surface area contributed by atoms with E-state index >= 15 is 0 Å². The van der Waals surface area contributed by atoms with Gasteiger partial charge in [-0.3, -0.25) is 9.10 Å². The molecule has 118 valence electrons. The van der Waals surface area contributed by atoms with E-state index in [2.05, 4.69) is 5.32 Å². The molecular weight excluding hydrogens is 299 g/mol. The largest absolute Gasteiger partial charge is 0.383 e. The number of methoxy groups -OCH3 is 1. The van der Waals surface area contributed by atoms with Crippen LogP contribution in [0.2, 0.25) is 0 Å². The Kier molecular flexibility index (Phi) is 6.10. The van der Waals surface area contributed by atoms with E-state index in [1.165, 1.54) is 32.2 Å². The van der Waals surface area contributed by atoms with Crippen molar-refractivity contribution in [2.24, 2.45) is 0 Å². The number of rotatable bonds is 7. The molecule has 0 aromatic heterocycles. The number of carbonyl (C=O) groups is 1. The maximum absolute atomic E-state index is 13.8. The van der Waals surface area contributed by atoms with E-state index in [0.717, 1.165) is 16.6 Å². The highest BCUT2D eigenvalue weighted by Gasteiger charge is 2.30. The number of hydrogen-bond acceptors (Lipinski definition) is 4. The van der Waals surface area contributed by atoms with Gasteiger partial charge in [0.1, 0.15) is 11.9 Å². The maximum atomic E-state index is 13.8. The van der Waals surface area contributed by atoms with Crippen LogP contribution in [0.5, 0.6) is 0 Å². The van der Waals surface area contributed by atoms with Gasteiger partial charge >= 0.3 is 0 Å².